The summed E-state index contributed by atoms with van der Waals surface area (Å²) in [5.74, 6) is -15.5. The third kappa shape index (κ3) is 5.40. The van der Waals surface area contributed by atoms with Crippen molar-refractivity contribution in [2.45, 2.75) is 57.1 Å². The molecule has 2 bridgehead atoms. The molecule has 226 valence electrons. The van der Waals surface area contributed by atoms with Gasteiger partial charge in [0.2, 0.25) is 11.7 Å². The Morgan fingerprint density at radius 3 is 2.07 bits per heavy atom. The Morgan fingerprint density at radius 2 is 1.45 bits per heavy atom. The number of carbonyl (C=O) groups excluding carboxylic acids is 3. The summed E-state index contributed by atoms with van der Waals surface area (Å²) < 4.78 is 95.2. The predicted octanol–water partition coefficient (Wildman–Crippen LogP) is 5.45. The van der Waals surface area contributed by atoms with E-state index in [4.69, 9.17) is 9.47 Å². The molecule has 0 aliphatic heterocycles. The first kappa shape index (κ1) is 29.7. The van der Waals surface area contributed by atoms with Crippen LogP contribution >= 0.6 is 0 Å². The largest absolute Gasteiger partial charge is 0.496 e. The van der Waals surface area contributed by atoms with Crippen molar-refractivity contribution in [3.8, 4) is 11.5 Å². The van der Waals surface area contributed by atoms with E-state index in [2.05, 4.69) is 5.32 Å². The highest BCUT2D eigenvalue weighted by Crippen LogP contribution is 2.49. The van der Waals surface area contributed by atoms with Gasteiger partial charge in [0.1, 0.15) is 17.7 Å². The zero-order valence-electron chi connectivity index (χ0n) is 22.5. The first-order chi connectivity index (χ1) is 20.0. The molecular weight excluding hydrogens is 570 g/mol. The fourth-order valence-corrected chi connectivity index (χ4v) is 6.52. The van der Waals surface area contributed by atoms with Crippen molar-refractivity contribution in [3.63, 3.8) is 0 Å². The number of benzene rings is 2. The SMILES string of the molecule is COc1cc(F)c(OC2CCC(C=O)CC2)cc1C(=O)NC1C2CCC(C2)C1C(=O)Nc1c(F)c(F)c(F)c(F)c1F. The Morgan fingerprint density at radius 1 is 0.833 bits per heavy atom. The number of halogens is 6. The molecule has 5 rings (SSSR count). The highest BCUT2D eigenvalue weighted by molar-refractivity contribution is 5.99. The molecule has 2 aromatic carbocycles. The number of rotatable bonds is 8. The summed E-state index contributed by atoms with van der Waals surface area (Å²) in [6, 6.07) is 1.34. The number of fused-ring (bicyclic) bond motifs is 2. The lowest BCUT2D eigenvalue weighted by Gasteiger charge is -2.31. The molecule has 4 atom stereocenters. The first-order valence-electron chi connectivity index (χ1n) is 13.7. The molecule has 13 heteroatoms. The van der Waals surface area contributed by atoms with Gasteiger partial charge in [-0.3, -0.25) is 9.59 Å². The quantitative estimate of drug-likeness (QED) is 0.183. The van der Waals surface area contributed by atoms with Gasteiger partial charge < -0.3 is 24.9 Å². The molecule has 2 amide bonds. The fourth-order valence-electron chi connectivity index (χ4n) is 6.52. The summed E-state index contributed by atoms with van der Waals surface area (Å²) in [6.45, 7) is 0. The van der Waals surface area contributed by atoms with Gasteiger partial charge in [-0.1, -0.05) is 0 Å². The van der Waals surface area contributed by atoms with Gasteiger partial charge in [-0.05, 0) is 62.8 Å². The van der Waals surface area contributed by atoms with Crippen LogP contribution in [0.15, 0.2) is 12.1 Å². The molecule has 3 aliphatic carbocycles. The van der Waals surface area contributed by atoms with Crippen LogP contribution in [0.25, 0.3) is 0 Å². The summed E-state index contributed by atoms with van der Waals surface area (Å²) in [4.78, 5) is 37.7. The molecule has 0 saturated heterocycles. The number of ether oxygens (including phenoxy) is 2. The number of hydrogen-bond donors (Lipinski definition) is 2. The molecule has 0 spiro atoms. The molecule has 2 N–H and O–H groups in total. The van der Waals surface area contributed by atoms with Gasteiger partial charge in [-0.25, -0.2) is 26.3 Å². The predicted molar refractivity (Wildman–Crippen MR) is 136 cm³/mol. The van der Waals surface area contributed by atoms with Crippen LogP contribution in [0.3, 0.4) is 0 Å². The third-order valence-corrected chi connectivity index (χ3v) is 8.68. The number of carbonyl (C=O) groups is 3. The van der Waals surface area contributed by atoms with E-state index in [9.17, 15) is 40.7 Å². The zero-order valence-corrected chi connectivity index (χ0v) is 22.5. The minimum absolute atomic E-state index is 0.0760. The average molecular weight is 599 g/mol. The van der Waals surface area contributed by atoms with Crippen molar-refractivity contribution in [1.82, 2.24) is 5.32 Å². The molecule has 0 heterocycles. The maximum absolute atomic E-state index is 14.8. The Balaban J connectivity index is 1.36. The molecule has 0 radical (unpaired) electrons. The van der Waals surface area contributed by atoms with Crippen LogP contribution in [0.4, 0.5) is 32.0 Å². The fraction of sp³-hybridized carbons (Fsp3) is 0.483. The Hall–Kier alpha value is -3.77. The average Bonchev–Trinajstić information content (AvgIpc) is 3.60. The van der Waals surface area contributed by atoms with Crippen LogP contribution in [-0.2, 0) is 9.59 Å². The van der Waals surface area contributed by atoms with Gasteiger partial charge in [0.15, 0.2) is 34.8 Å². The molecule has 0 aromatic heterocycles. The second-order valence-electron chi connectivity index (χ2n) is 11.1. The number of hydrogen-bond acceptors (Lipinski definition) is 5. The van der Waals surface area contributed by atoms with Gasteiger partial charge in [-0.2, -0.15) is 0 Å². The summed E-state index contributed by atoms with van der Waals surface area (Å²) in [5, 5.41) is 4.60. The first-order valence-corrected chi connectivity index (χ1v) is 13.7. The number of methoxy groups -OCH3 is 1. The van der Waals surface area contributed by atoms with Crippen molar-refractivity contribution in [3.05, 3.63) is 52.6 Å². The van der Waals surface area contributed by atoms with Crippen molar-refractivity contribution in [1.29, 1.82) is 0 Å². The molecule has 7 nitrogen and oxygen atoms in total. The van der Waals surface area contributed by atoms with Crippen molar-refractivity contribution in [2.75, 3.05) is 12.4 Å². The Labute approximate surface area is 236 Å². The minimum Gasteiger partial charge on any atom is -0.496 e. The number of amides is 2. The highest BCUT2D eigenvalue weighted by Gasteiger charge is 2.52. The Bertz CT molecular complexity index is 1380. The molecule has 2 aromatic rings. The van der Waals surface area contributed by atoms with Gasteiger partial charge in [0.05, 0.1) is 24.7 Å². The van der Waals surface area contributed by atoms with E-state index in [1.165, 1.54) is 13.2 Å². The van der Waals surface area contributed by atoms with Crippen LogP contribution in [0.1, 0.15) is 55.3 Å². The van der Waals surface area contributed by atoms with Crippen molar-refractivity contribution >= 4 is 23.8 Å². The minimum atomic E-state index is -2.35. The monoisotopic (exact) mass is 598 g/mol. The van der Waals surface area contributed by atoms with E-state index in [-0.39, 0.29) is 40.9 Å². The van der Waals surface area contributed by atoms with Crippen LogP contribution < -0.4 is 20.1 Å². The van der Waals surface area contributed by atoms with Crippen LogP contribution in [0, 0.1) is 58.6 Å². The van der Waals surface area contributed by atoms with Crippen LogP contribution in [0.5, 0.6) is 11.5 Å². The Kier molecular flexibility index (Phi) is 8.38. The number of aldehydes is 1. The lowest BCUT2D eigenvalue weighted by Crippen LogP contribution is -2.48. The third-order valence-electron chi connectivity index (χ3n) is 8.68. The van der Waals surface area contributed by atoms with Crippen molar-refractivity contribution in [2.24, 2.45) is 23.7 Å². The van der Waals surface area contributed by atoms with Crippen LogP contribution in [0.2, 0.25) is 0 Å². The molecule has 3 aliphatic rings. The standard InChI is InChI=1S/C29H28F6N2O5/c1-41-18-10-17(30)19(42-15-6-2-12(11-38)3-7-15)9-16(18)28(39)36-26-14-5-4-13(8-14)20(26)29(40)37-27-24(34)22(32)21(31)23(33)25(27)35/h9-15,20,26H,2-8H2,1H3,(H,36,39)(H,37,40). The molecule has 3 saturated carbocycles. The number of nitrogens with one attached hydrogen (secondary N) is 2. The molecule has 3 fully saturated rings. The van der Waals surface area contributed by atoms with E-state index in [1.54, 1.807) is 0 Å². The maximum Gasteiger partial charge on any atom is 0.255 e. The van der Waals surface area contributed by atoms with Crippen molar-refractivity contribution < 1.29 is 50.2 Å². The molecule has 42 heavy (non-hydrogen) atoms. The summed E-state index contributed by atoms with van der Waals surface area (Å²) in [6.07, 6.45) is 4.48. The lowest BCUT2D eigenvalue weighted by atomic mass is 9.83. The number of anilines is 1. The second-order valence-corrected chi connectivity index (χ2v) is 11.1. The van der Waals surface area contributed by atoms with E-state index in [1.807, 2.05) is 5.32 Å². The van der Waals surface area contributed by atoms with E-state index >= 15 is 0 Å². The van der Waals surface area contributed by atoms with E-state index in [0.29, 0.717) is 44.9 Å². The second kappa shape index (κ2) is 11.8. The van der Waals surface area contributed by atoms with E-state index in [0.717, 1.165) is 12.4 Å². The van der Waals surface area contributed by atoms with Gasteiger partial charge in [-0.15, -0.1) is 0 Å². The van der Waals surface area contributed by atoms with Crippen LogP contribution in [-0.4, -0.2) is 37.4 Å². The highest BCUT2D eigenvalue weighted by atomic mass is 19.2. The molecule has 4 unspecified atom stereocenters. The lowest BCUT2D eigenvalue weighted by molar-refractivity contribution is -0.122. The maximum atomic E-state index is 14.8. The zero-order chi connectivity index (χ0) is 30.3. The smallest absolute Gasteiger partial charge is 0.255 e. The van der Waals surface area contributed by atoms with Gasteiger partial charge in [0, 0.05) is 18.0 Å². The summed E-state index contributed by atoms with van der Waals surface area (Å²) in [5.41, 5.74) is -1.55. The summed E-state index contributed by atoms with van der Waals surface area (Å²) >= 11 is 0. The van der Waals surface area contributed by atoms with Gasteiger partial charge >= 0.3 is 0 Å². The topological polar surface area (TPSA) is 93.7 Å². The normalized spacial score (nSPS) is 26.5. The van der Waals surface area contributed by atoms with E-state index < -0.39 is 64.4 Å². The molecular formula is C29H28F6N2O5. The summed E-state index contributed by atoms with van der Waals surface area (Å²) in [7, 11) is 1.24. The van der Waals surface area contributed by atoms with Gasteiger partial charge in [0.25, 0.3) is 5.91 Å².